The highest BCUT2D eigenvalue weighted by atomic mass is 32.2. The van der Waals surface area contributed by atoms with Gasteiger partial charge in [-0.25, -0.2) is 12.8 Å². The summed E-state index contributed by atoms with van der Waals surface area (Å²) >= 11 is 0. The predicted octanol–water partition coefficient (Wildman–Crippen LogP) is 3.53. The molecule has 2 aliphatic heterocycles. The molecule has 2 aromatic rings. The van der Waals surface area contributed by atoms with Crippen molar-refractivity contribution in [1.29, 1.82) is 0 Å². The lowest BCUT2D eigenvalue weighted by molar-refractivity contribution is -0.126. The highest BCUT2D eigenvalue weighted by molar-refractivity contribution is 7.89. The van der Waals surface area contributed by atoms with Crippen molar-refractivity contribution in [3.63, 3.8) is 0 Å². The Hall–Kier alpha value is -2.29. The van der Waals surface area contributed by atoms with Gasteiger partial charge in [-0.1, -0.05) is 30.7 Å². The van der Waals surface area contributed by atoms with Crippen LogP contribution in [0, 0.1) is 11.7 Å². The van der Waals surface area contributed by atoms with Crippen LogP contribution in [0.15, 0.2) is 53.4 Å². The molecule has 1 amide bonds. The molecule has 1 N–H and O–H groups in total. The number of benzene rings is 2. The fourth-order valence-corrected chi connectivity index (χ4v) is 6.15. The van der Waals surface area contributed by atoms with Crippen molar-refractivity contribution in [1.82, 2.24) is 14.5 Å². The first kappa shape index (κ1) is 23.9. The molecule has 8 heteroatoms. The third-order valence-electron chi connectivity index (χ3n) is 6.69. The summed E-state index contributed by atoms with van der Waals surface area (Å²) in [7, 11) is -3.67. The standard InChI is InChI=1S/C25H32FN3O3S/c26-23-8-10-24(11-9-23)33(31,32)29-16-12-20(13-17-29)25(30)27-18-21-6-2-3-7-22(21)19-28-14-4-1-5-15-28/h2-3,6-11,20H,1,4-5,12-19H2,(H,27,30). The molecule has 33 heavy (non-hydrogen) atoms. The van der Waals surface area contributed by atoms with Crippen molar-refractivity contribution in [3.8, 4) is 0 Å². The zero-order valence-corrected chi connectivity index (χ0v) is 19.7. The van der Waals surface area contributed by atoms with Gasteiger partial charge in [0.25, 0.3) is 0 Å². The zero-order valence-electron chi connectivity index (χ0n) is 18.9. The van der Waals surface area contributed by atoms with Crippen molar-refractivity contribution in [2.45, 2.75) is 50.1 Å². The molecule has 0 saturated carbocycles. The summed E-state index contributed by atoms with van der Waals surface area (Å²) in [6.45, 7) is 4.20. The largest absolute Gasteiger partial charge is 0.352 e. The number of rotatable bonds is 7. The van der Waals surface area contributed by atoms with E-state index in [0.29, 0.717) is 19.4 Å². The van der Waals surface area contributed by atoms with E-state index in [0.717, 1.165) is 37.3 Å². The SMILES string of the molecule is O=C(NCc1ccccc1CN1CCCCC1)C1CCN(S(=O)(=O)c2ccc(F)cc2)CC1. The van der Waals surface area contributed by atoms with Gasteiger partial charge in [0.2, 0.25) is 15.9 Å². The minimum Gasteiger partial charge on any atom is -0.352 e. The van der Waals surface area contributed by atoms with Gasteiger partial charge in [-0.2, -0.15) is 4.31 Å². The number of halogens is 1. The fourth-order valence-electron chi connectivity index (χ4n) is 4.68. The Morgan fingerprint density at radius 1 is 0.909 bits per heavy atom. The van der Waals surface area contributed by atoms with Crippen LogP contribution in [0.1, 0.15) is 43.2 Å². The van der Waals surface area contributed by atoms with Gasteiger partial charge in [0.1, 0.15) is 5.82 Å². The number of amides is 1. The van der Waals surface area contributed by atoms with Crippen LogP contribution in [-0.2, 0) is 27.9 Å². The van der Waals surface area contributed by atoms with E-state index in [-0.39, 0.29) is 29.8 Å². The smallest absolute Gasteiger partial charge is 0.243 e. The Bertz CT molecular complexity index is 1040. The van der Waals surface area contributed by atoms with Crippen LogP contribution in [0.4, 0.5) is 4.39 Å². The van der Waals surface area contributed by atoms with Gasteiger partial charge in [0, 0.05) is 32.1 Å². The van der Waals surface area contributed by atoms with E-state index >= 15 is 0 Å². The second-order valence-electron chi connectivity index (χ2n) is 8.96. The molecule has 6 nitrogen and oxygen atoms in total. The minimum absolute atomic E-state index is 0.0263. The van der Waals surface area contributed by atoms with Crippen molar-refractivity contribution in [2.24, 2.45) is 5.92 Å². The number of piperidine rings is 2. The lowest BCUT2D eigenvalue weighted by Gasteiger charge is -2.30. The van der Waals surface area contributed by atoms with Gasteiger partial charge < -0.3 is 5.32 Å². The van der Waals surface area contributed by atoms with Gasteiger partial charge in [0.05, 0.1) is 4.90 Å². The number of hydrogen-bond acceptors (Lipinski definition) is 4. The molecule has 2 fully saturated rings. The van der Waals surface area contributed by atoms with Crippen LogP contribution in [0.2, 0.25) is 0 Å². The first-order chi connectivity index (χ1) is 15.9. The highest BCUT2D eigenvalue weighted by Crippen LogP contribution is 2.24. The number of sulfonamides is 1. The van der Waals surface area contributed by atoms with Crippen molar-refractivity contribution in [2.75, 3.05) is 26.2 Å². The minimum atomic E-state index is -3.67. The molecule has 0 bridgehead atoms. The number of likely N-dealkylation sites (tertiary alicyclic amines) is 1. The Balaban J connectivity index is 1.30. The van der Waals surface area contributed by atoms with Crippen molar-refractivity contribution >= 4 is 15.9 Å². The van der Waals surface area contributed by atoms with E-state index in [9.17, 15) is 17.6 Å². The Labute approximate surface area is 195 Å². The molecule has 0 radical (unpaired) electrons. The third kappa shape index (κ3) is 5.99. The van der Waals surface area contributed by atoms with E-state index in [2.05, 4.69) is 22.3 Å². The number of carbonyl (C=O) groups is 1. The molecule has 0 aromatic heterocycles. The fraction of sp³-hybridized carbons (Fsp3) is 0.480. The van der Waals surface area contributed by atoms with E-state index in [4.69, 9.17) is 0 Å². The zero-order chi connectivity index (χ0) is 23.3. The van der Waals surface area contributed by atoms with Crippen LogP contribution in [0.3, 0.4) is 0 Å². The lowest BCUT2D eigenvalue weighted by Crippen LogP contribution is -2.42. The molecule has 2 aromatic carbocycles. The lowest BCUT2D eigenvalue weighted by atomic mass is 9.97. The Morgan fingerprint density at radius 2 is 1.55 bits per heavy atom. The Morgan fingerprint density at radius 3 is 2.21 bits per heavy atom. The number of hydrogen-bond donors (Lipinski definition) is 1. The topological polar surface area (TPSA) is 69.7 Å². The van der Waals surface area contributed by atoms with Crippen LogP contribution in [0.5, 0.6) is 0 Å². The van der Waals surface area contributed by atoms with Crippen molar-refractivity contribution in [3.05, 3.63) is 65.5 Å². The Kier molecular flexibility index (Phi) is 7.78. The average Bonchev–Trinajstić information content (AvgIpc) is 2.84. The molecule has 0 aliphatic carbocycles. The molecular formula is C25H32FN3O3S. The third-order valence-corrected chi connectivity index (χ3v) is 8.60. The van der Waals surface area contributed by atoms with E-state index in [1.54, 1.807) is 0 Å². The van der Waals surface area contributed by atoms with Gasteiger partial charge >= 0.3 is 0 Å². The molecule has 0 atom stereocenters. The summed E-state index contributed by atoms with van der Waals surface area (Å²) in [6.07, 6.45) is 4.74. The van der Waals surface area contributed by atoms with Gasteiger partial charge in [-0.3, -0.25) is 9.69 Å². The molecule has 4 rings (SSSR count). The molecule has 2 saturated heterocycles. The molecule has 2 heterocycles. The quantitative estimate of drug-likeness (QED) is 0.668. The predicted molar refractivity (Wildman–Crippen MR) is 125 cm³/mol. The maximum atomic E-state index is 13.1. The molecule has 2 aliphatic rings. The summed E-state index contributed by atoms with van der Waals surface area (Å²) in [5, 5.41) is 3.07. The molecular weight excluding hydrogens is 441 g/mol. The summed E-state index contributed by atoms with van der Waals surface area (Å²) in [4.78, 5) is 15.4. The van der Waals surface area contributed by atoms with Gasteiger partial charge in [-0.15, -0.1) is 0 Å². The number of nitrogens with one attached hydrogen (secondary N) is 1. The van der Waals surface area contributed by atoms with E-state index in [1.165, 1.54) is 41.3 Å². The van der Waals surface area contributed by atoms with E-state index in [1.807, 2.05) is 12.1 Å². The van der Waals surface area contributed by atoms with Crippen LogP contribution in [-0.4, -0.2) is 49.7 Å². The number of carbonyl (C=O) groups excluding carboxylic acids is 1. The van der Waals surface area contributed by atoms with Gasteiger partial charge in [0.15, 0.2) is 0 Å². The maximum Gasteiger partial charge on any atom is 0.243 e. The molecule has 0 spiro atoms. The normalized spacial score (nSPS) is 18.8. The summed E-state index contributed by atoms with van der Waals surface area (Å²) < 4.78 is 40.1. The monoisotopic (exact) mass is 473 g/mol. The van der Waals surface area contributed by atoms with Crippen LogP contribution < -0.4 is 5.32 Å². The van der Waals surface area contributed by atoms with Crippen LogP contribution >= 0.6 is 0 Å². The highest BCUT2D eigenvalue weighted by Gasteiger charge is 2.32. The summed E-state index contributed by atoms with van der Waals surface area (Å²) in [5.74, 6) is -0.706. The first-order valence-electron chi connectivity index (χ1n) is 11.8. The first-order valence-corrected chi connectivity index (χ1v) is 13.2. The average molecular weight is 474 g/mol. The summed E-state index contributed by atoms with van der Waals surface area (Å²) in [6, 6.07) is 13.1. The number of nitrogens with zero attached hydrogens (tertiary/aromatic N) is 2. The summed E-state index contributed by atoms with van der Waals surface area (Å²) in [5.41, 5.74) is 2.38. The van der Waals surface area contributed by atoms with Gasteiger partial charge in [-0.05, 0) is 74.2 Å². The second kappa shape index (κ2) is 10.8. The van der Waals surface area contributed by atoms with Crippen LogP contribution in [0.25, 0.3) is 0 Å². The van der Waals surface area contributed by atoms with E-state index < -0.39 is 15.8 Å². The molecule has 0 unspecified atom stereocenters. The maximum absolute atomic E-state index is 13.1. The second-order valence-corrected chi connectivity index (χ2v) is 10.9. The van der Waals surface area contributed by atoms with Crippen molar-refractivity contribution < 1.29 is 17.6 Å². The molecule has 178 valence electrons.